The van der Waals surface area contributed by atoms with Crippen molar-refractivity contribution in [2.45, 2.75) is 13.5 Å². The highest BCUT2D eigenvalue weighted by molar-refractivity contribution is 5.96. The molecule has 0 aliphatic carbocycles. The molecule has 2 aromatic rings. The second-order valence-corrected chi connectivity index (χ2v) is 4.38. The number of imidazole rings is 1. The number of anilines is 2. The number of aromatic amines is 1. The predicted molar refractivity (Wildman–Crippen MR) is 71.2 cm³/mol. The monoisotopic (exact) mass is 258 g/mol. The summed E-state index contributed by atoms with van der Waals surface area (Å²) >= 11 is 0. The van der Waals surface area contributed by atoms with Gasteiger partial charge in [0.1, 0.15) is 5.75 Å². The molecule has 0 atom stereocenters. The van der Waals surface area contributed by atoms with Gasteiger partial charge in [-0.25, -0.2) is 4.98 Å². The summed E-state index contributed by atoms with van der Waals surface area (Å²) in [6.07, 6.45) is 1.67. The third kappa shape index (κ3) is 2.37. The topological polar surface area (TPSA) is 79.0 Å². The number of aromatic nitrogens is 2. The lowest BCUT2D eigenvalue weighted by molar-refractivity contribution is -0.118. The van der Waals surface area contributed by atoms with E-state index in [1.54, 1.807) is 6.33 Å². The van der Waals surface area contributed by atoms with Gasteiger partial charge in [0.2, 0.25) is 0 Å². The van der Waals surface area contributed by atoms with Crippen LogP contribution >= 0.6 is 0 Å². The summed E-state index contributed by atoms with van der Waals surface area (Å²) in [6, 6.07) is 5.61. The van der Waals surface area contributed by atoms with E-state index in [1.807, 2.05) is 25.1 Å². The number of nitrogens with one attached hydrogen (secondary N) is 3. The van der Waals surface area contributed by atoms with Crippen molar-refractivity contribution >= 4 is 17.3 Å². The smallest absolute Gasteiger partial charge is 0.262 e. The van der Waals surface area contributed by atoms with Gasteiger partial charge >= 0.3 is 0 Å². The number of ether oxygens (including phenoxy) is 1. The minimum atomic E-state index is -0.132. The summed E-state index contributed by atoms with van der Waals surface area (Å²) in [7, 11) is 0. The van der Waals surface area contributed by atoms with Crippen molar-refractivity contribution in [3.8, 4) is 5.75 Å². The molecule has 1 aliphatic rings. The summed E-state index contributed by atoms with van der Waals surface area (Å²) in [5, 5.41) is 6.04. The summed E-state index contributed by atoms with van der Waals surface area (Å²) in [6.45, 7) is 2.68. The van der Waals surface area contributed by atoms with Crippen molar-refractivity contribution < 1.29 is 9.53 Å². The number of benzene rings is 1. The van der Waals surface area contributed by atoms with E-state index >= 15 is 0 Å². The number of hydrogen-bond donors (Lipinski definition) is 3. The summed E-state index contributed by atoms with van der Waals surface area (Å²) in [4.78, 5) is 18.5. The van der Waals surface area contributed by atoms with E-state index in [4.69, 9.17) is 4.74 Å². The zero-order chi connectivity index (χ0) is 13.2. The minimum absolute atomic E-state index is 0.0756. The van der Waals surface area contributed by atoms with E-state index in [9.17, 15) is 4.79 Å². The number of fused-ring (bicyclic) bond motifs is 1. The van der Waals surface area contributed by atoms with Crippen LogP contribution in [0.25, 0.3) is 0 Å². The van der Waals surface area contributed by atoms with E-state index in [-0.39, 0.29) is 12.5 Å². The molecule has 3 N–H and O–H groups in total. The average Bonchev–Trinajstić information content (AvgIpc) is 2.81. The van der Waals surface area contributed by atoms with Crippen LogP contribution in [-0.2, 0) is 11.3 Å². The Kier molecular flexibility index (Phi) is 2.83. The first-order valence-electron chi connectivity index (χ1n) is 6.02. The van der Waals surface area contributed by atoms with Crippen molar-refractivity contribution in [3.05, 3.63) is 35.9 Å². The van der Waals surface area contributed by atoms with Crippen LogP contribution in [-0.4, -0.2) is 22.5 Å². The molecule has 3 rings (SSSR count). The quantitative estimate of drug-likeness (QED) is 0.782. The van der Waals surface area contributed by atoms with Crippen LogP contribution < -0.4 is 15.4 Å². The maximum atomic E-state index is 11.3. The fourth-order valence-electron chi connectivity index (χ4n) is 1.94. The molecule has 0 bridgehead atoms. The fraction of sp³-hybridized carbons (Fsp3) is 0.231. The molecule has 1 aromatic heterocycles. The number of H-pyrrole nitrogens is 1. The van der Waals surface area contributed by atoms with Gasteiger partial charge in [0.15, 0.2) is 6.61 Å². The summed E-state index contributed by atoms with van der Waals surface area (Å²) in [5.74, 6) is 0.564. The predicted octanol–water partition coefficient (Wildman–Crippen LogP) is 1.66. The molecule has 6 heteroatoms. The van der Waals surface area contributed by atoms with Crippen LogP contribution in [0, 0.1) is 6.92 Å². The Bertz CT molecular complexity index is 621. The highest BCUT2D eigenvalue weighted by Crippen LogP contribution is 2.30. The second-order valence-electron chi connectivity index (χ2n) is 4.38. The van der Waals surface area contributed by atoms with Crippen molar-refractivity contribution in [3.63, 3.8) is 0 Å². The van der Waals surface area contributed by atoms with Crippen molar-refractivity contribution in [2.24, 2.45) is 0 Å². The Morgan fingerprint density at radius 3 is 3.16 bits per heavy atom. The van der Waals surface area contributed by atoms with Crippen LogP contribution in [0.1, 0.15) is 11.4 Å². The second kappa shape index (κ2) is 4.64. The van der Waals surface area contributed by atoms with Gasteiger partial charge in [-0.15, -0.1) is 0 Å². The lowest BCUT2D eigenvalue weighted by Crippen LogP contribution is -2.25. The number of aryl methyl sites for hydroxylation is 1. The first-order chi connectivity index (χ1) is 9.22. The molecular formula is C13H14N4O2. The molecule has 0 saturated heterocycles. The molecule has 1 aromatic carbocycles. The maximum Gasteiger partial charge on any atom is 0.262 e. The number of hydrogen-bond acceptors (Lipinski definition) is 4. The molecule has 1 aliphatic heterocycles. The Morgan fingerprint density at radius 2 is 2.37 bits per heavy atom. The van der Waals surface area contributed by atoms with Crippen LogP contribution in [0.5, 0.6) is 5.75 Å². The SMILES string of the molecule is Cc1[nH]cnc1CNc1ccc2c(c1)NC(=O)CO2. The van der Waals surface area contributed by atoms with Gasteiger partial charge in [0.05, 0.1) is 24.3 Å². The number of amides is 1. The third-order valence-electron chi connectivity index (χ3n) is 3.01. The Morgan fingerprint density at radius 1 is 1.47 bits per heavy atom. The summed E-state index contributed by atoms with van der Waals surface area (Å²) < 4.78 is 5.30. The van der Waals surface area contributed by atoms with Crippen LogP contribution in [0.15, 0.2) is 24.5 Å². The number of carbonyl (C=O) groups excluding carboxylic acids is 1. The van der Waals surface area contributed by atoms with E-state index in [0.29, 0.717) is 18.0 Å². The lowest BCUT2D eigenvalue weighted by atomic mass is 10.2. The zero-order valence-corrected chi connectivity index (χ0v) is 10.5. The molecule has 0 fully saturated rings. The van der Waals surface area contributed by atoms with Gasteiger partial charge in [-0.2, -0.15) is 0 Å². The van der Waals surface area contributed by atoms with Gasteiger partial charge < -0.3 is 20.4 Å². The minimum Gasteiger partial charge on any atom is -0.482 e. The van der Waals surface area contributed by atoms with Crippen LogP contribution in [0.2, 0.25) is 0 Å². The Balaban J connectivity index is 1.74. The number of nitrogens with zero attached hydrogens (tertiary/aromatic N) is 1. The number of carbonyl (C=O) groups is 1. The standard InChI is InChI=1S/C13H14N4O2/c1-8-11(16-7-15-8)5-14-9-2-3-12-10(4-9)17-13(18)6-19-12/h2-4,7,14H,5-6H2,1H3,(H,15,16)(H,17,18). The van der Waals surface area contributed by atoms with E-state index in [0.717, 1.165) is 17.1 Å². The van der Waals surface area contributed by atoms with Crippen molar-refractivity contribution in [1.29, 1.82) is 0 Å². The zero-order valence-electron chi connectivity index (χ0n) is 10.5. The highest BCUT2D eigenvalue weighted by atomic mass is 16.5. The van der Waals surface area contributed by atoms with Gasteiger partial charge in [0, 0.05) is 11.4 Å². The van der Waals surface area contributed by atoms with E-state index in [1.165, 1.54) is 0 Å². The van der Waals surface area contributed by atoms with Crippen LogP contribution in [0.3, 0.4) is 0 Å². The Labute approximate surface area is 110 Å². The first-order valence-corrected chi connectivity index (χ1v) is 6.02. The van der Waals surface area contributed by atoms with E-state index < -0.39 is 0 Å². The molecule has 19 heavy (non-hydrogen) atoms. The normalized spacial score (nSPS) is 13.4. The van der Waals surface area contributed by atoms with Crippen LogP contribution in [0.4, 0.5) is 11.4 Å². The van der Waals surface area contributed by atoms with E-state index in [2.05, 4.69) is 20.6 Å². The molecule has 0 spiro atoms. The Hall–Kier alpha value is -2.50. The van der Waals surface area contributed by atoms with Crippen molar-refractivity contribution in [1.82, 2.24) is 9.97 Å². The lowest BCUT2D eigenvalue weighted by Gasteiger charge is -2.18. The molecule has 98 valence electrons. The first kappa shape index (κ1) is 11.6. The van der Waals surface area contributed by atoms with Gasteiger partial charge in [-0.05, 0) is 25.1 Å². The number of rotatable bonds is 3. The molecule has 0 radical (unpaired) electrons. The molecule has 0 unspecified atom stereocenters. The van der Waals surface area contributed by atoms with Gasteiger partial charge in [-0.3, -0.25) is 4.79 Å². The average molecular weight is 258 g/mol. The molecule has 2 heterocycles. The third-order valence-corrected chi connectivity index (χ3v) is 3.01. The van der Waals surface area contributed by atoms with Gasteiger partial charge in [-0.1, -0.05) is 0 Å². The largest absolute Gasteiger partial charge is 0.482 e. The molecule has 6 nitrogen and oxygen atoms in total. The summed E-state index contributed by atoms with van der Waals surface area (Å²) in [5.41, 5.74) is 3.62. The van der Waals surface area contributed by atoms with Crippen molar-refractivity contribution in [2.75, 3.05) is 17.2 Å². The fourth-order valence-corrected chi connectivity index (χ4v) is 1.94. The molecule has 0 saturated carbocycles. The molecular weight excluding hydrogens is 244 g/mol. The highest BCUT2D eigenvalue weighted by Gasteiger charge is 2.15. The van der Waals surface area contributed by atoms with Gasteiger partial charge in [0.25, 0.3) is 5.91 Å². The molecule has 1 amide bonds. The maximum absolute atomic E-state index is 11.3.